The van der Waals surface area contributed by atoms with Gasteiger partial charge in [-0.05, 0) is 31.0 Å². The Hall–Kier alpha value is -2.30. The Morgan fingerprint density at radius 2 is 1.88 bits per heavy atom. The van der Waals surface area contributed by atoms with E-state index in [1.54, 1.807) is 6.07 Å². The Kier molecular flexibility index (Phi) is 2.82. The molecule has 0 saturated carbocycles. The number of nitrogens with two attached hydrogens (primary N) is 2. The molecule has 88 valence electrons. The van der Waals surface area contributed by atoms with Gasteiger partial charge in [-0.1, -0.05) is 6.07 Å². The highest BCUT2D eigenvalue weighted by Gasteiger charge is 2.05. The van der Waals surface area contributed by atoms with Gasteiger partial charge in [0.25, 0.3) is 0 Å². The monoisotopic (exact) mass is 229 g/mol. The van der Waals surface area contributed by atoms with Crippen LogP contribution in [0.3, 0.4) is 0 Å². The topological polar surface area (TPSA) is 89.8 Å². The Morgan fingerprint density at radius 1 is 1.12 bits per heavy atom. The predicted molar refractivity (Wildman–Crippen MR) is 70.1 cm³/mol. The summed E-state index contributed by atoms with van der Waals surface area (Å²) in [6.07, 6.45) is 1.42. The molecule has 5 N–H and O–H groups in total. The van der Waals surface area contributed by atoms with Gasteiger partial charge >= 0.3 is 0 Å². The van der Waals surface area contributed by atoms with E-state index in [0.717, 1.165) is 22.5 Å². The summed E-state index contributed by atoms with van der Waals surface area (Å²) in [5, 5.41) is 3.17. The number of nitrogen functional groups attached to an aromatic ring is 2. The van der Waals surface area contributed by atoms with Gasteiger partial charge in [-0.15, -0.1) is 0 Å². The van der Waals surface area contributed by atoms with Crippen LogP contribution < -0.4 is 16.8 Å². The summed E-state index contributed by atoms with van der Waals surface area (Å²) in [4.78, 5) is 7.92. The van der Waals surface area contributed by atoms with Crippen LogP contribution in [0.1, 0.15) is 11.1 Å². The molecular formula is C12H15N5. The van der Waals surface area contributed by atoms with Crippen LogP contribution in [0.5, 0.6) is 0 Å². The number of nitrogens with one attached hydrogen (secondary N) is 1. The zero-order valence-corrected chi connectivity index (χ0v) is 9.86. The van der Waals surface area contributed by atoms with Crippen LogP contribution in [0, 0.1) is 13.8 Å². The van der Waals surface area contributed by atoms with Crippen molar-refractivity contribution in [1.29, 1.82) is 0 Å². The number of anilines is 4. The van der Waals surface area contributed by atoms with Gasteiger partial charge in [0, 0.05) is 17.4 Å². The van der Waals surface area contributed by atoms with Crippen molar-refractivity contribution in [2.24, 2.45) is 0 Å². The Morgan fingerprint density at radius 3 is 2.59 bits per heavy atom. The highest BCUT2D eigenvalue weighted by molar-refractivity contribution is 5.70. The number of rotatable bonds is 2. The average molecular weight is 229 g/mol. The van der Waals surface area contributed by atoms with E-state index in [2.05, 4.69) is 15.3 Å². The highest BCUT2D eigenvalue weighted by atomic mass is 15.0. The fourth-order valence-electron chi connectivity index (χ4n) is 1.58. The van der Waals surface area contributed by atoms with Gasteiger partial charge in [-0.3, -0.25) is 0 Å². The van der Waals surface area contributed by atoms with E-state index in [4.69, 9.17) is 11.5 Å². The summed E-state index contributed by atoms with van der Waals surface area (Å²) >= 11 is 0. The molecule has 0 saturated heterocycles. The fraction of sp³-hybridized carbons (Fsp3) is 0.167. The lowest BCUT2D eigenvalue weighted by molar-refractivity contribution is 1.17. The minimum absolute atomic E-state index is 0.431. The van der Waals surface area contributed by atoms with Crippen LogP contribution in [0.25, 0.3) is 0 Å². The molecular weight excluding hydrogens is 214 g/mol. The van der Waals surface area contributed by atoms with Crippen LogP contribution in [-0.2, 0) is 0 Å². The summed E-state index contributed by atoms with van der Waals surface area (Å²) in [6.45, 7) is 3.95. The van der Waals surface area contributed by atoms with E-state index >= 15 is 0 Å². The highest BCUT2D eigenvalue weighted by Crippen LogP contribution is 2.26. The first kappa shape index (κ1) is 11.2. The van der Waals surface area contributed by atoms with Gasteiger partial charge in [0.15, 0.2) is 0 Å². The van der Waals surface area contributed by atoms with Crippen molar-refractivity contribution in [2.75, 3.05) is 16.8 Å². The van der Waals surface area contributed by atoms with Gasteiger partial charge in [0.2, 0.25) is 0 Å². The van der Waals surface area contributed by atoms with Gasteiger partial charge in [0.1, 0.15) is 18.0 Å². The molecule has 2 aromatic rings. The zero-order chi connectivity index (χ0) is 12.4. The van der Waals surface area contributed by atoms with E-state index in [1.807, 2.05) is 26.0 Å². The summed E-state index contributed by atoms with van der Waals surface area (Å²) in [6, 6.07) is 5.62. The maximum absolute atomic E-state index is 5.97. The van der Waals surface area contributed by atoms with Crippen molar-refractivity contribution in [1.82, 2.24) is 9.97 Å². The van der Waals surface area contributed by atoms with Crippen molar-refractivity contribution < 1.29 is 0 Å². The Balaban J connectivity index is 2.34. The predicted octanol–water partition coefficient (Wildman–Crippen LogP) is 2.00. The van der Waals surface area contributed by atoms with Gasteiger partial charge in [-0.25, -0.2) is 9.97 Å². The molecule has 0 unspecified atom stereocenters. The Labute approximate surface area is 99.9 Å². The SMILES string of the molecule is Cc1ccc(Nc2cc(N)ncn2)c(C)c1N. The first-order chi connectivity index (χ1) is 8.08. The molecule has 0 fully saturated rings. The number of nitrogens with zero attached hydrogens (tertiary/aromatic N) is 2. The quantitative estimate of drug-likeness (QED) is 0.685. The fourth-order valence-corrected chi connectivity index (χ4v) is 1.58. The molecule has 2 rings (SSSR count). The molecule has 0 bridgehead atoms. The van der Waals surface area contributed by atoms with Crippen molar-refractivity contribution >= 4 is 23.0 Å². The average Bonchev–Trinajstić information content (AvgIpc) is 2.30. The van der Waals surface area contributed by atoms with Gasteiger partial charge in [0.05, 0.1) is 0 Å². The number of hydrogen-bond donors (Lipinski definition) is 3. The molecule has 0 aliphatic rings. The lowest BCUT2D eigenvalue weighted by atomic mass is 10.1. The number of benzene rings is 1. The molecule has 1 heterocycles. The van der Waals surface area contributed by atoms with Crippen LogP contribution in [0.15, 0.2) is 24.5 Å². The van der Waals surface area contributed by atoms with E-state index in [-0.39, 0.29) is 0 Å². The van der Waals surface area contributed by atoms with Crippen LogP contribution in [0.2, 0.25) is 0 Å². The lowest BCUT2D eigenvalue weighted by Crippen LogP contribution is -2.01. The summed E-state index contributed by atoms with van der Waals surface area (Å²) in [7, 11) is 0. The normalized spacial score (nSPS) is 10.2. The summed E-state index contributed by atoms with van der Waals surface area (Å²) < 4.78 is 0. The molecule has 0 radical (unpaired) electrons. The second kappa shape index (κ2) is 4.29. The third-order valence-electron chi connectivity index (χ3n) is 2.68. The largest absolute Gasteiger partial charge is 0.398 e. The van der Waals surface area contributed by atoms with Gasteiger partial charge < -0.3 is 16.8 Å². The van der Waals surface area contributed by atoms with Crippen LogP contribution >= 0.6 is 0 Å². The zero-order valence-electron chi connectivity index (χ0n) is 9.86. The standard InChI is InChI=1S/C12H15N5/c1-7-3-4-9(8(2)12(7)14)17-11-5-10(13)15-6-16-11/h3-6H,14H2,1-2H3,(H3,13,15,16,17). The molecule has 0 atom stereocenters. The molecule has 17 heavy (non-hydrogen) atoms. The first-order valence-corrected chi connectivity index (χ1v) is 5.28. The number of aryl methyl sites for hydroxylation is 1. The second-order valence-electron chi connectivity index (χ2n) is 3.92. The lowest BCUT2D eigenvalue weighted by Gasteiger charge is -2.12. The minimum atomic E-state index is 0.431. The summed E-state index contributed by atoms with van der Waals surface area (Å²) in [5.41, 5.74) is 15.3. The molecule has 0 amide bonds. The second-order valence-corrected chi connectivity index (χ2v) is 3.92. The Bertz CT molecular complexity index is 551. The van der Waals surface area contributed by atoms with E-state index < -0.39 is 0 Å². The van der Waals surface area contributed by atoms with E-state index in [1.165, 1.54) is 6.33 Å². The van der Waals surface area contributed by atoms with E-state index in [0.29, 0.717) is 11.6 Å². The number of hydrogen-bond acceptors (Lipinski definition) is 5. The molecule has 0 spiro atoms. The van der Waals surface area contributed by atoms with Crippen molar-refractivity contribution in [2.45, 2.75) is 13.8 Å². The third kappa shape index (κ3) is 2.28. The third-order valence-corrected chi connectivity index (χ3v) is 2.68. The molecule has 0 aliphatic carbocycles. The number of aromatic nitrogens is 2. The van der Waals surface area contributed by atoms with Crippen LogP contribution in [-0.4, -0.2) is 9.97 Å². The molecule has 1 aromatic carbocycles. The van der Waals surface area contributed by atoms with Crippen LogP contribution in [0.4, 0.5) is 23.0 Å². The maximum Gasteiger partial charge on any atom is 0.135 e. The van der Waals surface area contributed by atoms with Crippen molar-refractivity contribution in [3.63, 3.8) is 0 Å². The molecule has 5 nitrogen and oxygen atoms in total. The van der Waals surface area contributed by atoms with E-state index in [9.17, 15) is 0 Å². The molecule has 1 aromatic heterocycles. The van der Waals surface area contributed by atoms with Crippen molar-refractivity contribution in [3.05, 3.63) is 35.7 Å². The first-order valence-electron chi connectivity index (χ1n) is 5.28. The van der Waals surface area contributed by atoms with Crippen molar-refractivity contribution in [3.8, 4) is 0 Å². The minimum Gasteiger partial charge on any atom is -0.398 e. The maximum atomic E-state index is 5.97. The smallest absolute Gasteiger partial charge is 0.135 e. The molecule has 5 heteroatoms. The summed E-state index contributed by atoms with van der Waals surface area (Å²) in [5.74, 6) is 1.09. The van der Waals surface area contributed by atoms with Gasteiger partial charge in [-0.2, -0.15) is 0 Å². The molecule has 0 aliphatic heterocycles.